The molecule has 0 spiro atoms. The van der Waals surface area contributed by atoms with Crippen LogP contribution in [0.15, 0.2) is 12.1 Å². The number of anilines is 1. The van der Waals surface area contributed by atoms with Crippen LogP contribution in [0.4, 0.5) is 10.1 Å². The maximum Gasteiger partial charge on any atom is 0.126 e. The van der Waals surface area contributed by atoms with Crippen molar-refractivity contribution in [3.63, 3.8) is 0 Å². The second kappa shape index (κ2) is 3.13. The van der Waals surface area contributed by atoms with E-state index >= 15 is 0 Å². The first-order valence-electron chi connectivity index (χ1n) is 4.08. The Morgan fingerprint density at radius 2 is 1.92 bits per heavy atom. The lowest BCUT2D eigenvalue weighted by Gasteiger charge is -2.10. The number of rotatable bonds is 1. The van der Waals surface area contributed by atoms with Gasteiger partial charge in [-0.3, -0.25) is 0 Å². The first kappa shape index (κ1) is 9.04. The van der Waals surface area contributed by atoms with Crippen molar-refractivity contribution in [1.29, 1.82) is 0 Å². The molecule has 0 aliphatic rings. The zero-order valence-corrected chi connectivity index (χ0v) is 7.69. The van der Waals surface area contributed by atoms with Crippen molar-refractivity contribution >= 4 is 5.69 Å². The molecule has 0 bridgehead atoms. The van der Waals surface area contributed by atoms with Crippen LogP contribution < -0.4 is 5.73 Å². The molecule has 0 amide bonds. The number of hydrogen-bond donors (Lipinski definition) is 1. The van der Waals surface area contributed by atoms with E-state index in [9.17, 15) is 4.39 Å². The van der Waals surface area contributed by atoms with E-state index in [1.807, 2.05) is 13.8 Å². The molecule has 0 aliphatic carbocycles. The van der Waals surface area contributed by atoms with E-state index in [-0.39, 0.29) is 11.7 Å². The van der Waals surface area contributed by atoms with E-state index in [0.29, 0.717) is 11.3 Å². The summed E-state index contributed by atoms with van der Waals surface area (Å²) in [5, 5.41) is 0. The summed E-state index contributed by atoms with van der Waals surface area (Å²) < 4.78 is 13.1. The molecule has 1 aromatic rings. The van der Waals surface area contributed by atoms with E-state index < -0.39 is 0 Å². The summed E-state index contributed by atoms with van der Waals surface area (Å²) in [6.45, 7) is 5.72. The fraction of sp³-hybridized carbons (Fsp3) is 0.400. The van der Waals surface area contributed by atoms with Gasteiger partial charge >= 0.3 is 0 Å². The molecule has 2 N–H and O–H groups in total. The third-order valence-corrected chi connectivity index (χ3v) is 1.99. The quantitative estimate of drug-likeness (QED) is 0.639. The van der Waals surface area contributed by atoms with Gasteiger partial charge in [-0.25, -0.2) is 4.39 Å². The third kappa shape index (κ3) is 1.58. The predicted molar refractivity (Wildman–Crippen MR) is 49.6 cm³/mol. The molecule has 0 heterocycles. The SMILES string of the molecule is Cc1cc(N)c(C(C)C)cc1F. The maximum atomic E-state index is 13.1. The molecule has 2 heteroatoms. The molecule has 1 rings (SSSR count). The van der Waals surface area contributed by atoms with Crippen molar-refractivity contribution in [3.05, 3.63) is 29.1 Å². The molecule has 0 saturated heterocycles. The van der Waals surface area contributed by atoms with Gasteiger partial charge in [0.1, 0.15) is 5.82 Å². The lowest BCUT2D eigenvalue weighted by molar-refractivity contribution is 0.614. The monoisotopic (exact) mass is 167 g/mol. The molecule has 1 nitrogen and oxygen atoms in total. The van der Waals surface area contributed by atoms with Gasteiger partial charge in [-0.05, 0) is 36.1 Å². The van der Waals surface area contributed by atoms with Crippen LogP contribution in [0.5, 0.6) is 0 Å². The summed E-state index contributed by atoms with van der Waals surface area (Å²) in [7, 11) is 0. The minimum Gasteiger partial charge on any atom is -0.398 e. The summed E-state index contributed by atoms with van der Waals surface area (Å²) in [5.41, 5.74) is 7.90. The van der Waals surface area contributed by atoms with Crippen LogP contribution in [0.2, 0.25) is 0 Å². The van der Waals surface area contributed by atoms with Crippen molar-refractivity contribution in [1.82, 2.24) is 0 Å². The molecule has 0 radical (unpaired) electrons. The molecule has 0 aromatic heterocycles. The molecule has 0 atom stereocenters. The van der Waals surface area contributed by atoms with Crippen molar-refractivity contribution < 1.29 is 4.39 Å². The standard InChI is InChI=1S/C10H14FN/c1-6(2)8-5-9(11)7(3)4-10(8)12/h4-6H,12H2,1-3H3. The smallest absolute Gasteiger partial charge is 0.126 e. The molecule has 0 saturated carbocycles. The Hall–Kier alpha value is -1.05. The Morgan fingerprint density at radius 1 is 1.33 bits per heavy atom. The van der Waals surface area contributed by atoms with Crippen LogP contribution >= 0.6 is 0 Å². The minimum absolute atomic E-state index is 0.173. The van der Waals surface area contributed by atoms with Gasteiger partial charge in [0.2, 0.25) is 0 Å². The van der Waals surface area contributed by atoms with Crippen molar-refractivity contribution in [2.24, 2.45) is 0 Å². The summed E-state index contributed by atoms with van der Waals surface area (Å²) in [4.78, 5) is 0. The summed E-state index contributed by atoms with van der Waals surface area (Å²) >= 11 is 0. The van der Waals surface area contributed by atoms with Gasteiger partial charge in [-0.1, -0.05) is 13.8 Å². The van der Waals surface area contributed by atoms with Crippen LogP contribution in [0.25, 0.3) is 0 Å². The van der Waals surface area contributed by atoms with E-state index in [4.69, 9.17) is 5.73 Å². The highest BCUT2D eigenvalue weighted by molar-refractivity contribution is 5.50. The number of aryl methyl sites for hydroxylation is 1. The highest BCUT2D eigenvalue weighted by Gasteiger charge is 2.07. The predicted octanol–water partition coefficient (Wildman–Crippen LogP) is 2.84. The Kier molecular flexibility index (Phi) is 2.36. The molecular formula is C10H14FN. The van der Waals surface area contributed by atoms with E-state index in [0.717, 1.165) is 5.56 Å². The van der Waals surface area contributed by atoms with Crippen LogP contribution in [-0.2, 0) is 0 Å². The lowest BCUT2D eigenvalue weighted by Crippen LogP contribution is -1.98. The van der Waals surface area contributed by atoms with Crippen LogP contribution in [0.1, 0.15) is 30.9 Å². The Morgan fingerprint density at radius 3 is 2.42 bits per heavy atom. The molecule has 0 aliphatic heterocycles. The number of halogens is 1. The highest BCUT2D eigenvalue weighted by atomic mass is 19.1. The van der Waals surface area contributed by atoms with Crippen LogP contribution in [-0.4, -0.2) is 0 Å². The average molecular weight is 167 g/mol. The average Bonchev–Trinajstić information content (AvgIpc) is 1.96. The topological polar surface area (TPSA) is 26.0 Å². The fourth-order valence-corrected chi connectivity index (χ4v) is 1.22. The Balaban J connectivity index is 3.23. The van der Waals surface area contributed by atoms with E-state index in [1.165, 1.54) is 6.07 Å². The zero-order valence-electron chi connectivity index (χ0n) is 7.69. The lowest BCUT2D eigenvalue weighted by atomic mass is 9.99. The van der Waals surface area contributed by atoms with Crippen molar-refractivity contribution in [2.45, 2.75) is 26.7 Å². The molecule has 66 valence electrons. The molecule has 1 aromatic carbocycles. The van der Waals surface area contributed by atoms with Gasteiger partial charge in [0.05, 0.1) is 0 Å². The number of nitrogen functional groups attached to an aromatic ring is 1. The zero-order chi connectivity index (χ0) is 9.30. The van der Waals surface area contributed by atoms with Gasteiger partial charge in [0.25, 0.3) is 0 Å². The van der Waals surface area contributed by atoms with Crippen molar-refractivity contribution in [3.8, 4) is 0 Å². The maximum absolute atomic E-state index is 13.1. The van der Waals surface area contributed by atoms with Gasteiger partial charge in [0, 0.05) is 5.69 Å². The highest BCUT2D eigenvalue weighted by Crippen LogP contribution is 2.24. The largest absolute Gasteiger partial charge is 0.398 e. The molecule has 0 unspecified atom stereocenters. The summed E-state index contributed by atoms with van der Waals surface area (Å²) in [5.74, 6) is 0.105. The first-order chi connectivity index (χ1) is 5.52. The molecular weight excluding hydrogens is 153 g/mol. The van der Waals surface area contributed by atoms with E-state index in [2.05, 4.69) is 0 Å². The number of hydrogen-bond acceptors (Lipinski definition) is 1. The van der Waals surface area contributed by atoms with Gasteiger partial charge in [-0.15, -0.1) is 0 Å². The summed E-state index contributed by atoms with van der Waals surface area (Å²) in [6.07, 6.45) is 0. The normalized spacial score (nSPS) is 10.8. The third-order valence-electron chi connectivity index (χ3n) is 1.99. The number of nitrogens with two attached hydrogens (primary N) is 1. The second-order valence-electron chi connectivity index (χ2n) is 3.39. The van der Waals surface area contributed by atoms with Gasteiger partial charge in [0.15, 0.2) is 0 Å². The van der Waals surface area contributed by atoms with Crippen LogP contribution in [0.3, 0.4) is 0 Å². The Labute approximate surface area is 72.4 Å². The molecule has 0 fully saturated rings. The first-order valence-corrected chi connectivity index (χ1v) is 4.08. The number of benzene rings is 1. The van der Waals surface area contributed by atoms with Crippen LogP contribution in [0, 0.1) is 12.7 Å². The second-order valence-corrected chi connectivity index (χ2v) is 3.39. The minimum atomic E-state index is -0.173. The van der Waals surface area contributed by atoms with Crippen molar-refractivity contribution in [2.75, 3.05) is 5.73 Å². The Bertz CT molecular complexity index is 292. The van der Waals surface area contributed by atoms with E-state index in [1.54, 1.807) is 13.0 Å². The summed E-state index contributed by atoms with van der Waals surface area (Å²) in [6, 6.07) is 3.21. The fourth-order valence-electron chi connectivity index (χ4n) is 1.22. The van der Waals surface area contributed by atoms with Gasteiger partial charge in [-0.2, -0.15) is 0 Å². The molecule has 12 heavy (non-hydrogen) atoms. The van der Waals surface area contributed by atoms with Gasteiger partial charge < -0.3 is 5.73 Å².